The molecule has 31 heavy (non-hydrogen) atoms. The lowest BCUT2D eigenvalue weighted by molar-refractivity contribution is -0.125. The van der Waals surface area contributed by atoms with Crippen molar-refractivity contribution in [3.63, 3.8) is 0 Å². The van der Waals surface area contributed by atoms with Gasteiger partial charge >= 0.3 is 0 Å². The first-order valence-electron chi connectivity index (χ1n) is 9.61. The number of ketones is 1. The van der Waals surface area contributed by atoms with E-state index in [-0.39, 0.29) is 18.2 Å². The summed E-state index contributed by atoms with van der Waals surface area (Å²) in [6.45, 7) is 0.0547. The van der Waals surface area contributed by atoms with Crippen molar-refractivity contribution in [2.24, 2.45) is 0 Å². The SMILES string of the molecule is O=C(c1ccc(Cl)cc1)c1oc2ccccc2c1NC(=O)[C@@H]1COc2ccccc2O1. The van der Waals surface area contributed by atoms with Crippen LogP contribution in [0.1, 0.15) is 16.1 Å². The average molecular weight is 434 g/mol. The number of fused-ring (bicyclic) bond motifs is 2. The van der Waals surface area contributed by atoms with E-state index in [1.807, 2.05) is 6.07 Å². The van der Waals surface area contributed by atoms with Gasteiger partial charge < -0.3 is 19.2 Å². The molecule has 2 heterocycles. The Bertz CT molecular complexity index is 1300. The van der Waals surface area contributed by atoms with Crippen molar-refractivity contribution in [1.29, 1.82) is 0 Å². The summed E-state index contributed by atoms with van der Waals surface area (Å²) in [6, 6.07) is 20.7. The number of halogens is 1. The first-order valence-corrected chi connectivity index (χ1v) is 9.99. The van der Waals surface area contributed by atoms with Gasteiger partial charge in [-0.25, -0.2) is 0 Å². The van der Waals surface area contributed by atoms with Gasteiger partial charge in [-0.15, -0.1) is 0 Å². The minimum Gasteiger partial charge on any atom is -0.485 e. The highest BCUT2D eigenvalue weighted by Crippen LogP contribution is 2.34. The van der Waals surface area contributed by atoms with Gasteiger partial charge in [0.05, 0.1) is 5.69 Å². The molecule has 5 rings (SSSR count). The molecule has 0 bridgehead atoms. The monoisotopic (exact) mass is 433 g/mol. The molecular weight excluding hydrogens is 418 g/mol. The van der Waals surface area contributed by atoms with E-state index >= 15 is 0 Å². The number of ether oxygens (including phenoxy) is 2. The molecule has 7 heteroatoms. The Balaban J connectivity index is 1.48. The molecular formula is C24H16ClNO5. The van der Waals surface area contributed by atoms with Crippen LogP contribution in [0.5, 0.6) is 11.5 Å². The molecule has 1 N–H and O–H groups in total. The molecule has 0 spiro atoms. The lowest BCUT2D eigenvalue weighted by Gasteiger charge is -2.25. The van der Waals surface area contributed by atoms with Crippen molar-refractivity contribution in [2.45, 2.75) is 6.10 Å². The summed E-state index contributed by atoms with van der Waals surface area (Å²) in [5.41, 5.74) is 1.18. The molecule has 1 aromatic heterocycles. The summed E-state index contributed by atoms with van der Waals surface area (Å²) in [7, 11) is 0. The van der Waals surface area contributed by atoms with E-state index in [1.165, 1.54) is 0 Å². The van der Waals surface area contributed by atoms with E-state index in [1.54, 1.807) is 66.7 Å². The van der Waals surface area contributed by atoms with Crippen LogP contribution >= 0.6 is 11.6 Å². The van der Waals surface area contributed by atoms with Crippen molar-refractivity contribution in [2.75, 3.05) is 11.9 Å². The summed E-state index contributed by atoms with van der Waals surface area (Å²) in [5.74, 6) is 0.303. The molecule has 0 aliphatic carbocycles. The van der Waals surface area contributed by atoms with Crippen molar-refractivity contribution in [3.05, 3.63) is 89.1 Å². The summed E-state index contributed by atoms with van der Waals surface area (Å²) in [4.78, 5) is 26.1. The van der Waals surface area contributed by atoms with E-state index in [0.29, 0.717) is 38.7 Å². The van der Waals surface area contributed by atoms with Crippen molar-refractivity contribution in [3.8, 4) is 11.5 Å². The molecule has 3 aromatic carbocycles. The third kappa shape index (κ3) is 3.62. The van der Waals surface area contributed by atoms with Gasteiger partial charge in [-0.1, -0.05) is 35.9 Å². The third-order valence-electron chi connectivity index (χ3n) is 4.96. The van der Waals surface area contributed by atoms with Crippen LogP contribution in [0.3, 0.4) is 0 Å². The van der Waals surface area contributed by atoms with E-state index < -0.39 is 12.0 Å². The van der Waals surface area contributed by atoms with Crippen LogP contribution < -0.4 is 14.8 Å². The second-order valence-corrected chi connectivity index (χ2v) is 7.43. The molecule has 1 aliphatic heterocycles. The number of carbonyl (C=O) groups excluding carboxylic acids is 2. The number of hydrogen-bond acceptors (Lipinski definition) is 5. The molecule has 1 amide bonds. The maximum atomic E-state index is 13.1. The van der Waals surface area contributed by atoms with E-state index in [2.05, 4.69) is 5.32 Å². The van der Waals surface area contributed by atoms with Crippen LogP contribution in [0.4, 0.5) is 5.69 Å². The Morgan fingerprint density at radius 1 is 0.903 bits per heavy atom. The van der Waals surface area contributed by atoms with Crippen LogP contribution in [-0.4, -0.2) is 24.4 Å². The molecule has 4 aromatic rings. The van der Waals surface area contributed by atoms with Gasteiger partial charge in [-0.05, 0) is 48.5 Å². The molecule has 1 aliphatic rings. The van der Waals surface area contributed by atoms with Gasteiger partial charge in [0.15, 0.2) is 17.3 Å². The third-order valence-corrected chi connectivity index (χ3v) is 5.21. The lowest BCUT2D eigenvalue weighted by Crippen LogP contribution is -2.40. The number of anilines is 1. The molecule has 0 saturated heterocycles. The number of furan rings is 1. The van der Waals surface area contributed by atoms with Crippen molar-refractivity contribution < 1.29 is 23.5 Å². The smallest absolute Gasteiger partial charge is 0.269 e. The van der Waals surface area contributed by atoms with E-state index in [0.717, 1.165) is 0 Å². The maximum Gasteiger partial charge on any atom is 0.269 e. The van der Waals surface area contributed by atoms with Gasteiger partial charge in [-0.3, -0.25) is 9.59 Å². The minimum atomic E-state index is -0.873. The molecule has 0 saturated carbocycles. The summed E-state index contributed by atoms with van der Waals surface area (Å²) in [6.07, 6.45) is -0.873. The highest BCUT2D eigenvalue weighted by atomic mass is 35.5. The number of benzene rings is 3. The number of amides is 1. The Morgan fingerprint density at radius 2 is 1.61 bits per heavy atom. The largest absolute Gasteiger partial charge is 0.485 e. The number of para-hydroxylation sites is 3. The van der Waals surface area contributed by atoms with Gasteiger partial charge in [0.1, 0.15) is 12.2 Å². The minimum absolute atomic E-state index is 0.0361. The zero-order valence-electron chi connectivity index (χ0n) is 16.1. The molecule has 0 radical (unpaired) electrons. The molecule has 1 atom stereocenters. The fourth-order valence-corrected chi connectivity index (χ4v) is 3.54. The fourth-order valence-electron chi connectivity index (χ4n) is 3.41. The van der Waals surface area contributed by atoms with Crippen LogP contribution in [0.25, 0.3) is 11.0 Å². The van der Waals surface area contributed by atoms with Crippen molar-refractivity contribution in [1.82, 2.24) is 0 Å². The maximum absolute atomic E-state index is 13.1. The molecule has 0 unspecified atom stereocenters. The Hall–Kier alpha value is -3.77. The number of carbonyl (C=O) groups is 2. The Labute approximate surface area is 182 Å². The predicted octanol–water partition coefficient (Wildman–Crippen LogP) is 5.10. The van der Waals surface area contributed by atoms with Crippen LogP contribution in [0.2, 0.25) is 5.02 Å². The van der Waals surface area contributed by atoms with Crippen molar-refractivity contribution >= 4 is 39.9 Å². The zero-order chi connectivity index (χ0) is 21.4. The molecule has 0 fully saturated rings. The molecule has 154 valence electrons. The highest BCUT2D eigenvalue weighted by molar-refractivity contribution is 6.30. The lowest BCUT2D eigenvalue weighted by atomic mass is 10.1. The van der Waals surface area contributed by atoms with Gasteiger partial charge in [0, 0.05) is 16.0 Å². The van der Waals surface area contributed by atoms with E-state index in [4.69, 9.17) is 25.5 Å². The van der Waals surface area contributed by atoms with E-state index in [9.17, 15) is 9.59 Å². The first-order chi connectivity index (χ1) is 15.1. The van der Waals surface area contributed by atoms with Crippen LogP contribution in [0.15, 0.2) is 77.2 Å². The number of nitrogens with one attached hydrogen (secondary N) is 1. The summed E-state index contributed by atoms with van der Waals surface area (Å²) >= 11 is 5.93. The van der Waals surface area contributed by atoms with Gasteiger partial charge in [-0.2, -0.15) is 0 Å². The normalized spacial score (nSPS) is 14.9. The standard InChI is InChI=1S/C24H16ClNO5/c25-15-11-9-14(10-12-15)22(27)23-21(16-5-1-2-6-17(16)31-23)26-24(28)20-13-29-18-7-3-4-8-19(18)30-20/h1-12,20H,13H2,(H,26,28)/t20-/m0/s1. The second kappa shape index (κ2) is 7.81. The topological polar surface area (TPSA) is 77.8 Å². The predicted molar refractivity (Wildman–Crippen MR) is 116 cm³/mol. The van der Waals surface area contributed by atoms with Crippen LogP contribution in [0, 0.1) is 0 Å². The summed E-state index contributed by atoms with van der Waals surface area (Å²) in [5, 5.41) is 3.95. The fraction of sp³-hybridized carbons (Fsp3) is 0.0833. The molecule has 6 nitrogen and oxygen atoms in total. The average Bonchev–Trinajstić information content (AvgIpc) is 3.17. The zero-order valence-corrected chi connectivity index (χ0v) is 16.9. The van der Waals surface area contributed by atoms with Gasteiger partial charge in [0.2, 0.25) is 11.9 Å². The number of rotatable bonds is 4. The Morgan fingerprint density at radius 3 is 2.42 bits per heavy atom. The summed E-state index contributed by atoms with van der Waals surface area (Å²) < 4.78 is 17.2. The van der Waals surface area contributed by atoms with Gasteiger partial charge in [0.25, 0.3) is 5.91 Å². The second-order valence-electron chi connectivity index (χ2n) is 6.99. The van der Waals surface area contributed by atoms with Crippen LogP contribution in [-0.2, 0) is 4.79 Å². The highest BCUT2D eigenvalue weighted by Gasteiger charge is 2.30. The Kier molecular flexibility index (Phi) is 4.84. The first kappa shape index (κ1) is 19.2. The quantitative estimate of drug-likeness (QED) is 0.453. The number of hydrogen-bond donors (Lipinski definition) is 1.